The summed E-state index contributed by atoms with van der Waals surface area (Å²) < 4.78 is 16.5. The van der Waals surface area contributed by atoms with Crippen LogP contribution in [0.25, 0.3) is 22.3 Å². The average Bonchev–Trinajstić information content (AvgIpc) is 3.03. The fraction of sp³-hybridized carbons (Fsp3) is 0.100. The fourth-order valence-corrected chi connectivity index (χ4v) is 3.01. The summed E-state index contributed by atoms with van der Waals surface area (Å²) in [5, 5.41) is 5.41. The number of fused-ring (bicyclic) bond motifs is 1. The molecule has 4 aromatic rings. The van der Waals surface area contributed by atoms with E-state index in [9.17, 15) is 9.18 Å². The molecule has 2 heterocycles. The molecule has 0 saturated carbocycles. The van der Waals surface area contributed by atoms with E-state index >= 15 is 0 Å². The van der Waals surface area contributed by atoms with Gasteiger partial charge in [-0.1, -0.05) is 25.1 Å². The SMILES string of the molecule is CCc1nn(-c2ccc(F)cc2)c2c(=O)n(-c3ccccc3)ccc12. The van der Waals surface area contributed by atoms with Crippen molar-refractivity contribution >= 4 is 10.9 Å². The first-order valence-electron chi connectivity index (χ1n) is 8.13. The van der Waals surface area contributed by atoms with Crippen LogP contribution in [0.15, 0.2) is 71.7 Å². The van der Waals surface area contributed by atoms with Crippen LogP contribution in [0.4, 0.5) is 4.39 Å². The molecule has 0 fully saturated rings. The van der Waals surface area contributed by atoms with E-state index in [0.29, 0.717) is 17.6 Å². The normalized spacial score (nSPS) is 11.1. The molecule has 2 aromatic heterocycles. The minimum atomic E-state index is -0.322. The van der Waals surface area contributed by atoms with Crippen LogP contribution in [0.2, 0.25) is 0 Å². The number of rotatable bonds is 3. The van der Waals surface area contributed by atoms with Gasteiger partial charge in [0.2, 0.25) is 0 Å². The lowest BCUT2D eigenvalue weighted by atomic mass is 10.2. The number of halogens is 1. The molecule has 0 aliphatic heterocycles. The lowest BCUT2D eigenvalue weighted by Crippen LogP contribution is -2.19. The first-order valence-corrected chi connectivity index (χ1v) is 8.13. The second-order valence-corrected chi connectivity index (χ2v) is 5.78. The first-order chi connectivity index (χ1) is 12.2. The third-order valence-electron chi connectivity index (χ3n) is 4.25. The van der Waals surface area contributed by atoms with Gasteiger partial charge in [-0.2, -0.15) is 5.10 Å². The van der Waals surface area contributed by atoms with Crippen molar-refractivity contribution in [2.45, 2.75) is 13.3 Å². The average molecular weight is 333 g/mol. The molecular formula is C20H16FN3O. The number of hydrogen-bond acceptors (Lipinski definition) is 2. The van der Waals surface area contributed by atoms with E-state index in [1.54, 1.807) is 27.6 Å². The number of para-hydroxylation sites is 1. The van der Waals surface area contributed by atoms with Crippen molar-refractivity contribution in [3.05, 3.63) is 88.7 Å². The fourth-order valence-electron chi connectivity index (χ4n) is 3.01. The summed E-state index contributed by atoms with van der Waals surface area (Å²) in [5.41, 5.74) is 2.64. The molecule has 5 heteroatoms. The van der Waals surface area contributed by atoms with Gasteiger partial charge < -0.3 is 0 Å². The number of hydrogen-bond donors (Lipinski definition) is 0. The Bertz CT molecular complexity index is 1100. The monoisotopic (exact) mass is 333 g/mol. The summed E-state index contributed by atoms with van der Waals surface area (Å²) >= 11 is 0. The Hall–Kier alpha value is -3.21. The zero-order valence-electron chi connectivity index (χ0n) is 13.7. The molecule has 124 valence electrons. The maximum absolute atomic E-state index is 13.3. The topological polar surface area (TPSA) is 39.8 Å². The Kier molecular flexibility index (Phi) is 3.69. The predicted molar refractivity (Wildman–Crippen MR) is 96.0 cm³/mol. The van der Waals surface area contributed by atoms with Crippen LogP contribution in [0.1, 0.15) is 12.6 Å². The summed E-state index contributed by atoms with van der Waals surface area (Å²) in [5.74, 6) is -0.322. The van der Waals surface area contributed by atoms with E-state index in [1.165, 1.54) is 12.1 Å². The van der Waals surface area contributed by atoms with Gasteiger partial charge in [-0.3, -0.25) is 9.36 Å². The van der Waals surface area contributed by atoms with Gasteiger partial charge in [-0.15, -0.1) is 0 Å². The zero-order chi connectivity index (χ0) is 17.4. The second kappa shape index (κ2) is 6.02. The molecule has 0 amide bonds. The molecule has 0 saturated heterocycles. The van der Waals surface area contributed by atoms with E-state index in [0.717, 1.165) is 16.8 Å². The van der Waals surface area contributed by atoms with Gasteiger partial charge in [0.1, 0.15) is 11.3 Å². The van der Waals surface area contributed by atoms with Crippen LogP contribution in [-0.4, -0.2) is 14.3 Å². The van der Waals surface area contributed by atoms with Gasteiger partial charge in [0.05, 0.1) is 11.4 Å². The highest BCUT2D eigenvalue weighted by Crippen LogP contribution is 2.21. The summed E-state index contributed by atoms with van der Waals surface area (Å²) in [6.07, 6.45) is 2.48. The van der Waals surface area contributed by atoms with Crippen molar-refractivity contribution in [2.75, 3.05) is 0 Å². The maximum atomic E-state index is 13.3. The van der Waals surface area contributed by atoms with Crippen LogP contribution in [-0.2, 0) is 6.42 Å². The van der Waals surface area contributed by atoms with Crippen molar-refractivity contribution in [1.29, 1.82) is 0 Å². The van der Waals surface area contributed by atoms with Gasteiger partial charge in [-0.25, -0.2) is 9.07 Å². The van der Waals surface area contributed by atoms with Gasteiger partial charge in [-0.05, 0) is 48.9 Å². The quantitative estimate of drug-likeness (QED) is 0.571. The van der Waals surface area contributed by atoms with Crippen LogP contribution in [0.5, 0.6) is 0 Å². The predicted octanol–water partition coefficient (Wildman–Crippen LogP) is 3.88. The molecular weight excluding hydrogens is 317 g/mol. The van der Waals surface area contributed by atoms with Crippen LogP contribution < -0.4 is 5.56 Å². The van der Waals surface area contributed by atoms with Gasteiger partial charge in [0.25, 0.3) is 5.56 Å². The molecule has 0 unspecified atom stereocenters. The Balaban J connectivity index is 2.03. The summed E-state index contributed by atoms with van der Waals surface area (Å²) in [7, 11) is 0. The van der Waals surface area contributed by atoms with Crippen molar-refractivity contribution in [3.8, 4) is 11.4 Å². The molecule has 0 bridgehead atoms. The lowest BCUT2D eigenvalue weighted by Gasteiger charge is -2.07. The van der Waals surface area contributed by atoms with Crippen LogP contribution >= 0.6 is 0 Å². The molecule has 0 radical (unpaired) electrons. The Labute approximate surface area is 143 Å². The third kappa shape index (κ3) is 2.54. The molecule has 0 aliphatic rings. The molecule has 0 atom stereocenters. The molecule has 2 aromatic carbocycles. The summed E-state index contributed by atoms with van der Waals surface area (Å²) in [4.78, 5) is 13.1. The number of nitrogens with zero attached hydrogens (tertiary/aromatic N) is 3. The standard InChI is InChI=1S/C20H16FN3O/c1-2-18-17-12-13-23(15-6-4-3-5-7-15)20(25)19(17)24(22-18)16-10-8-14(21)9-11-16/h3-13H,2H2,1H3. The van der Waals surface area contributed by atoms with E-state index in [1.807, 2.05) is 43.3 Å². The Morgan fingerprint density at radius 3 is 2.36 bits per heavy atom. The van der Waals surface area contributed by atoms with Gasteiger partial charge in [0, 0.05) is 17.3 Å². The van der Waals surface area contributed by atoms with E-state index in [4.69, 9.17) is 0 Å². The zero-order valence-corrected chi connectivity index (χ0v) is 13.7. The number of aryl methyl sites for hydroxylation is 1. The van der Waals surface area contributed by atoms with E-state index in [2.05, 4.69) is 5.10 Å². The lowest BCUT2D eigenvalue weighted by molar-refractivity contribution is 0.627. The van der Waals surface area contributed by atoms with Gasteiger partial charge in [0.15, 0.2) is 0 Å². The smallest absolute Gasteiger partial charge is 0.281 e. The van der Waals surface area contributed by atoms with E-state index in [-0.39, 0.29) is 11.4 Å². The Morgan fingerprint density at radius 1 is 0.960 bits per heavy atom. The Morgan fingerprint density at radius 2 is 1.68 bits per heavy atom. The van der Waals surface area contributed by atoms with Crippen molar-refractivity contribution in [2.24, 2.45) is 0 Å². The van der Waals surface area contributed by atoms with Crippen molar-refractivity contribution in [3.63, 3.8) is 0 Å². The van der Waals surface area contributed by atoms with Gasteiger partial charge >= 0.3 is 0 Å². The third-order valence-corrected chi connectivity index (χ3v) is 4.25. The van der Waals surface area contributed by atoms with Crippen LogP contribution in [0.3, 0.4) is 0 Å². The highest BCUT2D eigenvalue weighted by Gasteiger charge is 2.16. The van der Waals surface area contributed by atoms with Crippen molar-refractivity contribution in [1.82, 2.24) is 14.3 Å². The highest BCUT2D eigenvalue weighted by molar-refractivity contribution is 5.83. The molecule has 25 heavy (non-hydrogen) atoms. The highest BCUT2D eigenvalue weighted by atomic mass is 19.1. The minimum absolute atomic E-state index is 0.153. The molecule has 4 nitrogen and oxygen atoms in total. The number of aromatic nitrogens is 3. The molecule has 0 N–H and O–H groups in total. The number of pyridine rings is 1. The number of benzene rings is 2. The molecule has 0 aliphatic carbocycles. The second-order valence-electron chi connectivity index (χ2n) is 5.78. The summed E-state index contributed by atoms with van der Waals surface area (Å²) in [6.45, 7) is 2.00. The molecule has 4 rings (SSSR count). The largest absolute Gasteiger partial charge is 0.282 e. The minimum Gasteiger partial charge on any atom is -0.282 e. The first kappa shape index (κ1) is 15.3. The summed E-state index contributed by atoms with van der Waals surface area (Å²) in [6, 6.07) is 17.3. The van der Waals surface area contributed by atoms with E-state index < -0.39 is 0 Å². The molecule has 0 spiro atoms. The van der Waals surface area contributed by atoms with Crippen LogP contribution in [0, 0.1) is 5.82 Å². The van der Waals surface area contributed by atoms with Crippen molar-refractivity contribution < 1.29 is 4.39 Å². The maximum Gasteiger partial charge on any atom is 0.281 e.